The van der Waals surface area contributed by atoms with Gasteiger partial charge in [0.05, 0.1) is 36.4 Å². The average molecular weight is 667 g/mol. The van der Waals surface area contributed by atoms with Crippen molar-refractivity contribution in [2.24, 2.45) is 50.7 Å². The van der Waals surface area contributed by atoms with Gasteiger partial charge in [-0.25, -0.2) is 0 Å². The molecule has 0 radical (unpaired) electrons. The van der Waals surface area contributed by atoms with E-state index in [-0.39, 0.29) is 35.2 Å². The lowest BCUT2D eigenvalue weighted by molar-refractivity contribution is -0.299. The molecule has 0 unspecified atom stereocenters. The molecule has 4 saturated carbocycles. The second kappa shape index (κ2) is 11.4. The van der Waals surface area contributed by atoms with Gasteiger partial charge in [-0.2, -0.15) is 0 Å². The van der Waals surface area contributed by atoms with Gasteiger partial charge in [0, 0.05) is 11.3 Å². The molecule has 5 fully saturated rings. The topological polar surface area (TPSA) is 197 Å². The molecule has 1 saturated heterocycles. The first-order valence-electron chi connectivity index (χ1n) is 17.7. The summed E-state index contributed by atoms with van der Waals surface area (Å²) in [7, 11) is 0. The SMILES string of the molecule is C[C@H]1CC[C@@]2(C(=O)O[C@H]3O[C@@H](CO)[C@H](O)[C@@H](O)[C@@H]3O)CC[C@@]3(C)C(=CC[C@H]4[C@]5(C)C[C@H](O)[C@@H](O)[C@](C)(CO)[C@H]5CC[C@@]43C)[C@H]2[C@@]1(C)O. The van der Waals surface area contributed by atoms with Crippen molar-refractivity contribution in [1.29, 1.82) is 0 Å². The summed E-state index contributed by atoms with van der Waals surface area (Å²) in [6.07, 6.45) is -2.75. The molecule has 0 amide bonds. The van der Waals surface area contributed by atoms with Gasteiger partial charge in [0.1, 0.15) is 24.4 Å². The summed E-state index contributed by atoms with van der Waals surface area (Å²) in [5.41, 5.74) is -3.27. The largest absolute Gasteiger partial charge is 0.432 e. The van der Waals surface area contributed by atoms with Crippen LogP contribution in [0, 0.1) is 50.7 Å². The van der Waals surface area contributed by atoms with Crippen molar-refractivity contribution >= 4 is 5.97 Å². The number of aliphatic hydroxyl groups excluding tert-OH is 7. The van der Waals surface area contributed by atoms with Crippen molar-refractivity contribution in [3.63, 3.8) is 0 Å². The van der Waals surface area contributed by atoms with Gasteiger partial charge < -0.3 is 50.3 Å². The van der Waals surface area contributed by atoms with Gasteiger partial charge in [0.25, 0.3) is 0 Å². The average Bonchev–Trinajstić information content (AvgIpc) is 3.02. The minimum absolute atomic E-state index is 0.00373. The molecule has 17 atom stereocenters. The highest BCUT2D eigenvalue weighted by Crippen LogP contribution is 2.76. The zero-order valence-corrected chi connectivity index (χ0v) is 28.8. The maximum atomic E-state index is 14.5. The molecule has 5 aliphatic carbocycles. The summed E-state index contributed by atoms with van der Waals surface area (Å²) >= 11 is 0. The van der Waals surface area contributed by atoms with E-state index in [4.69, 9.17) is 9.47 Å². The maximum Gasteiger partial charge on any atom is 0.315 e. The van der Waals surface area contributed by atoms with Gasteiger partial charge in [-0.15, -0.1) is 0 Å². The molecule has 0 bridgehead atoms. The second-order valence-electron chi connectivity index (χ2n) is 17.5. The number of esters is 1. The van der Waals surface area contributed by atoms with E-state index in [1.807, 2.05) is 20.8 Å². The van der Waals surface area contributed by atoms with Gasteiger partial charge >= 0.3 is 5.97 Å². The zero-order chi connectivity index (χ0) is 34.7. The summed E-state index contributed by atoms with van der Waals surface area (Å²) in [4.78, 5) is 14.5. The number of hydrogen-bond donors (Lipinski definition) is 8. The summed E-state index contributed by atoms with van der Waals surface area (Å²) in [6, 6.07) is 0. The van der Waals surface area contributed by atoms with Crippen LogP contribution in [-0.4, -0.2) is 109 Å². The number of rotatable bonds is 4. The van der Waals surface area contributed by atoms with Gasteiger partial charge in [-0.05, 0) is 92.3 Å². The summed E-state index contributed by atoms with van der Waals surface area (Å²) in [5.74, 6) is -1.23. The number of allylic oxidation sites excluding steroid dienone is 1. The molecular weight excluding hydrogens is 608 g/mol. The van der Waals surface area contributed by atoms with Crippen molar-refractivity contribution in [3.8, 4) is 0 Å². The minimum atomic E-state index is -1.72. The number of aliphatic hydroxyl groups is 8. The van der Waals surface area contributed by atoms with Crippen LogP contribution in [0.25, 0.3) is 0 Å². The molecule has 0 spiro atoms. The van der Waals surface area contributed by atoms with E-state index >= 15 is 0 Å². The molecule has 268 valence electrons. The van der Waals surface area contributed by atoms with Crippen LogP contribution in [0.4, 0.5) is 0 Å². The van der Waals surface area contributed by atoms with Crippen LogP contribution in [0.5, 0.6) is 0 Å². The Morgan fingerprint density at radius 2 is 1.60 bits per heavy atom. The smallest absolute Gasteiger partial charge is 0.315 e. The highest BCUT2D eigenvalue weighted by atomic mass is 16.7. The molecule has 1 aliphatic heterocycles. The quantitative estimate of drug-likeness (QED) is 0.160. The first kappa shape index (κ1) is 35.7. The normalized spacial score (nSPS) is 57.5. The Morgan fingerprint density at radius 3 is 2.23 bits per heavy atom. The standard InChI is InChI=1S/C36H58O11/c1-18-9-12-36(30(44)47-29-26(42)25(41)24(40)21(16-37)46-29)14-13-33(4)19(27(36)35(18,6)45)7-8-23-31(2)15-20(39)28(43)32(3,17-38)22(31)10-11-34(23,33)5/h7,18,20-29,37-43,45H,8-17H2,1-6H3/t18-,20-,21-,22-,23-,24-,25+,26-,27-,28+,29+,31+,32+,33-,34-,35-,36+/m0/s1. The predicted molar refractivity (Wildman–Crippen MR) is 169 cm³/mol. The van der Waals surface area contributed by atoms with E-state index < -0.39 is 83.3 Å². The van der Waals surface area contributed by atoms with Crippen molar-refractivity contribution in [2.75, 3.05) is 13.2 Å². The van der Waals surface area contributed by atoms with Crippen LogP contribution in [0.1, 0.15) is 92.9 Å². The molecule has 47 heavy (non-hydrogen) atoms. The van der Waals surface area contributed by atoms with Crippen molar-refractivity contribution in [3.05, 3.63) is 11.6 Å². The molecule has 11 heteroatoms. The fourth-order valence-corrected chi connectivity index (χ4v) is 12.4. The fourth-order valence-electron chi connectivity index (χ4n) is 12.4. The second-order valence-corrected chi connectivity index (χ2v) is 17.5. The van der Waals surface area contributed by atoms with Crippen LogP contribution >= 0.6 is 0 Å². The molecule has 8 N–H and O–H groups in total. The number of hydrogen-bond acceptors (Lipinski definition) is 11. The van der Waals surface area contributed by atoms with Gasteiger partial charge in [0.15, 0.2) is 0 Å². The Balaban J connectivity index is 1.40. The predicted octanol–water partition coefficient (Wildman–Crippen LogP) is 1.41. The van der Waals surface area contributed by atoms with Gasteiger partial charge in [-0.3, -0.25) is 4.79 Å². The van der Waals surface area contributed by atoms with Crippen LogP contribution in [0.3, 0.4) is 0 Å². The van der Waals surface area contributed by atoms with Crippen molar-refractivity contribution in [2.45, 2.75) is 141 Å². The van der Waals surface area contributed by atoms with Crippen LogP contribution in [0.15, 0.2) is 11.6 Å². The van der Waals surface area contributed by atoms with Crippen LogP contribution in [-0.2, 0) is 14.3 Å². The highest BCUT2D eigenvalue weighted by molar-refractivity contribution is 5.79. The van der Waals surface area contributed by atoms with E-state index in [2.05, 4.69) is 26.8 Å². The Morgan fingerprint density at radius 1 is 0.915 bits per heavy atom. The lowest BCUT2D eigenvalue weighted by Crippen LogP contribution is -2.69. The molecule has 0 aromatic heterocycles. The summed E-state index contributed by atoms with van der Waals surface area (Å²) < 4.78 is 11.4. The maximum absolute atomic E-state index is 14.5. The third-order valence-corrected chi connectivity index (χ3v) is 15.6. The number of carbonyl (C=O) groups is 1. The lowest BCUT2D eigenvalue weighted by Gasteiger charge is -2.72. The molecule has 0 aromatic carbocycles. The lowest BCUT2D eigenvalue weighted by atomic mass is 9.33. The number of carbonyl (C=O) groups excluding carboxylic acids is 1. The Labute approximate surface area is 278 Å². The first-order valence-corrected chi connectivity index (χ1v) is 17.7. The Bertz CT molecular complexity index is 1270. The Hall–Kier alpha value is -1.15. The molecular formula is C36H58O11. The third-order valence-electron chi connectivity index (χ3n) is 15.6. The van der Waals surface area contributed by atoms with E-state index in [1.165, 1.54) is 0 Å². The van der Waals surface area contributed by atoms with Crippen LogP contribution < -0.4 is 0 Å². The van der Waals surface area contributed by atoms with Gasteiger partial charge in [0.2, 0.25) is 6.29 Å². The highest BCUT2D eigenvalue weighted by Gasteiger charge is 2.72. The van der Waals surface area contributed by atoms with Crippen molar-refractivity contribution < 1.29 is 55.1 Å². The molecule has 6 aliphatic rings. The van der Waals surface area contributed by atoms with Gasteiger partial charge in [-0.1, -0.05) is 46.3 Å². The number of ether oxygens (including phenoxy) is 2. The summed E-state index contributed by atoms with van der Waals surface area (Å²) in [6.45, 7) is 11.6. The fraction of sp³-hybridized carbons (Fsp3) is 0.917. The van der Waals surface area contributed by atoms with E-state index in [1.54, 1.807) is 0 Å². The first-order chi connectivity index (χ1) is 21.8. The number of fused-ring (bicyclic) bond motifs is 7. The molecule has 11 nitrogen and oxygen atoms in total. The monoisotopic (exact) mass is 666 g/mol. The van der Waals surface area contributed by atoms with E-state index in [0.717, 1.165) is 18.4 Å². The molecule has 0 aromatic rings. The van der Waals surface area contributed by atoms with Crippen LogP contribution in [0.2, 0.25) is 0 Å². The van der Waals surface area contributed by atoms with E-state index in [0.29, 0.717) is 38.5 Å². The van der Waals surface area contributed by atoms with E-state index in [9.17, 15) is 45.6 Å². The Kier molecular flexibility index (Phi) is 8.68. The summed E-state index contributed by atoms with van der Waals surface area (Å²) in [5, 5.41) is 86.2. The zero-order valence-electron chi connectivity index (χ0n) is 28.8. The molecule has 6 rings (SSSR count). The minimum Gasteiger partial charge on any atom is -0.432 e. The van der Waals surface area contributed by atoms with Crippen molar-refractivity contribution in [1.82, 2.24) is 0 Å². The molecule has 1 heterocycles. The third kappa shape index (κ3) is 4.60.